The largest absolute Gasteiger partial charge is 0.354 e. The Labute approximate surface area is 234 Å². The van der Waals surface area contributed by atoms with Crippen molar-refractivity contribution in [2.75, 3.05) is 0 Å². The summed E-state index contributed by atoms with van der Waals surface area (Å²) in [5.74, 6) is 0.345. The molecule has 1 atom stereocenters. The molecule has 0 bridgehead atoms. The van der Waals surface area contributed by atoms with Crippen LogP contribution in [0.15, 0.2) is 139 Å². The second kappa shape index (κ2) is 10.7. The normalized spacial score (nSPS) is 15.2. The van der Waals surface area contributed by atoms with Gasteiger partial charge in [-0.1, -0.05) is 92.6 Å². The van der Waals surface area contributed by atoms with Gasteiger partial charge in [0.1, 0.15) is 0 Å². The monoisotopic (exact) mass is 520 g/mol. The van der Waals surface area contributed by atoms with Crippen LogP contribution in [0, 0.1) is 5.92 Å². The molecular weight excluding hydrogens is 488 g/mol. The standard InChI is InChI=1S/C37H32N2O/c1-4-25-13-18-30(22-26(25)5-2)24(3)31-19-20-34-33(23-31)35(36(39-34)32-12-9-21-38-37(32)40)29-16-14-28(15-17-29)27-10-7-6-8-11-27/h4-12,14-17,19-21,23,30,39H,1-3,13,18,22H2,(H,38,40). The Balaban J connectivity index is 1.47. The van der Waals surface area contributed by atoms with Gasteiger partial charge in [-0.25, -0.2) is 0 Å². The van der Waals surface area contributed by atoms with Crippen LogP contribution >= 0.6 is 0 Å². The molecule has 2 aromatic heterocycles. The lowest BCUT2D eigenvalue weighted by atomic mass is 9.78. The number of rotatable bonds is 7. The summed E-state index contributed by atoms with van der Waals surface area (Å²) >= 11 is 0. The SMILES string of the molecule is C=CC1=C(C=C)CC(C(=C)c2ccc3[nH]c(-c4ccc[nH]c4=O)c(-c4ccc(-c5ccccc5)cc4)c3c2)CC1. The van der Waals surface area contributed by atoms with E-state index in [-0.39, 0.29) is 5.56 Å². The van der Waals surface area contributed by atoms with E-state index in [1.165, 1.54) is 16.7 Å². The van der Waals surface area contributed by atoms with Crippen LogP contribution in [-0.2, 0) is 0 Å². The maximum Gasteiger partial charge on any atom is 0.257 e. The molecular formula is C37H32N2O. The van der Waals surface area contributed by atoms with Crippen molar-refractivity contribution in [1.29, 1.82) is 0 Å². The summed E-state index contributed by atoms with van der Waals surface area (Å²) in [6, 6.07) is 29.2. The van der Waals surface area contributed by atoms with Crippen LogP contribution in [0.4, 0.5) is 0 Å². The molecule has 2 heterocycles. The van der Waals surface area contributed by atoms with E-state index in [1.807, 2.05) is 30.4 Å². The average molecular weight is 521 g/mol. The highest BCUT2D eigenvalue weighted by atomic mass is 16.1. The van der Waals surface area contributed by atoms with E-state index in [4.69, 9.17) is 0 Å². The van der Waals surface area contributed by atoms with E-state index >= 15 is 0 Å². The zero-order chi connectivity index (χ0) is 27.6. The van der Waals surface area contributed by atoms with Crippen LogP contribution in [0.1, 0.15) is 24.8 Å². The maximum atomic E-state index is 12.9. The molecule has 0 amide bonds. The predicted molar refractivity (Wildman–Crippen MR) is 169 cm³/mol. The molecule has 1 aliphatic carbocycles. The first-order valence-corrected chi connectivity index (χ1v) is 13.7. The summed E-state index contributed by atoms with van der Waals surface area (Å²) < 4.78 is 0. The van der Waals surface area contributed by atoms with E-state index in [9.17, 15) is 4.79 Å². The van der Waals surface area contributed by atoms with Gasteiger partial charge in [0.2, 0.25) is 0 Å². The molecule has 196 valence electrons. The van der Waals surface area contributed by atoms with Crippen molar-refractivity contribution < 1.29 is 0 Å². The Hall–Kier alpha value is -4.89. The lowest BCUT2D eigenvalue weighted by molar-refractivity contribution is 0.575. The van der Waals surface area contributed by atoms with Gasteiger partial charge < -0.3 is 9.97 Å². The third-order valence-corrected chi connectivity index (χ3v) is 8.16. The van der Waals surface area contributed by atoms with Crippen molar-refractivity contribution in [2.45, 2.75) is 19.3 Å². The second-order valence-corrected chi connectivity index (χ2v) is 10.4. The third-order valence-electron chi connectivity index (χ3n) is 8.16. The van der Waals surface area contributed by atoms with Crippen LogP contribution < -0.4 is 5.56 Å². The van der Waals surface area contributed by atoms with Crippen molar-refractivity contribution >= 4 is 16.5 Å². The molecule has 6 rings (SSSR count). The minimum absolute atomic E-state index is 0.121. The highest BCUT2D eigenvalue weighted by molar-refractivity contribution is 6.05. The second-order valence-electron chi connectivity index (χ2n) is 10.4. The fourth-order valence-electron chi connectivity index (χ4n) is 5.94. The van der Waals surface area contributed by atoms with Gasteiger partial charge in [0, 0.05) is 22.7 Å². The number of aromatic nitrogens is 2. The summed E-state index contributed by atoms with van der Waals surface area (Å²) in [4.78, 5) is 19.3. The molecule has 3 heteroatoms. The van der Waals surface area contributed by atoms with Gasteiger partial charge in [-0.3, -0.25) is 4.79 Å². The molecule has 0 fully saturated rings. The van der Waals surface area contributed by atoms with Gasteiger partial charge in [-0.05, 0) is 88.4 Å². The first-order valence-electron chi connectivity index (χ1n) is 13.7. The lowest BCUT2D eigenvalue weighted by Gasteiger charge is -2.27. The quantitative estimate of drug-likeness (QED) is 0.221. The minimum atomic E-state index is -0.121. The smallest absolute Gasteiger partial charge is 0.257 e. The molecule has 0 saturated carbocycles. The first-order chi connectivity index (χ1) is 19.6. The predicted octanol–water partition coefficient (Wildman–Crippen LogP) is 9.34. The van der Waals surface area contributed by atoms with E-state index in [0.29, 0.717) is 11.5 Å². The minimum Gasteiger partial charge on any atom is -0.354 e. The number of H-pyrrole nitrogens is 2. The maximum absolute atomic E-state index is 12.9. The molecule has 0 spiro atoms. The number of benzene rings is 3. The topological polar surface area (TPSA) is 48.6 Å². The fraction of sp³-hybridized carbons (Fsp3) is 0.108. The number of aromatic amines is 2. The summed E-state index contributed by atoms with van der Waals surface area (Å²) in [6.07, 6.45) is 8.55. The number of pyridine rings is 1. The van der Waals surface area contributed by atoms with Gasteiger partial charge in [0.15, 0.2) is 0 Å². The molecule has 3 aromatic carbocycles. The van der Waals surface area contributed by atoms with Crippen molar-refractivity contribution in [3.05, 3.63) is 150 Å². The van der Waals surface area contributed by atoms with Crippen LogP contribution in [0.25, 0.3) is 50.0 Å². The Morgan fingerprint density at radius 2 is 1.55 bits per heavy atom. The van der Waals surface area contributed by atoms with Crippen molar-refractivity contribution in [3.8, 4) is 33.5 Å². The number of hydrogen-bond donors (Lipinski definition) is 2. The van der Waals surface area contributed by atoms with E-state index in [0.717, 1.165) is 63.7 Å². The number of nitrogens with one attached hydrogen (secondary N) is 2. The molecule has 1 aliphatic rings. The average Bonchev–Trinajstić information content (AvgIpc) is 3.39. The molecule has 5 aromatic rings. The highest BCUT2D eigenvalue weighted by Crippen LogP contribution is 2.42. The van der Waals surface area contributed by atoms with Crippen LogP contribution in [0.5, 0.6) is 0 Å². The molecule has 1 unspecified atom stereocenters. The fourth-order valence-corrected chi connectivity index (χ4v) is 5.94. The molecule has 0 saturated heterocycles. The molecule has 0 radical (unpaired) electrons. The Kier molecular flexibility index (Phi) is 6.79. The van der Waals surface area contributed by atoms with E-state index in [2.05, 4.69) is 96.4 Å². The van der Waals surface area contributed by atoms with E-state index in [1.54, 1.807) is 6.20 Å². The van der Waals surface area contributed by atoms with Gasteiger partial charge in [0.05, 0.1) is 11.3 Å². The van der Waals surface area contributed by atoms with Gasteiger partial charge >= 0.3 is 0 Å². The molecule has 40 heavy (non-hydrogen) atoms. The zero-order valence-electron chi connectivity index (χ0n) is 22.5. The van der Waals surface area contributed by atoms with Crippen LogP contribution in [0.3, 0.4) is 0 Å². The third kappa shape index (κ3) is 4.60. The van der Waals surface area contributed by atoms with Gasteiger partial charge in [-0.15, -0.1) is 0 Å². The van der Waals surface area contributed by atoms with Crippen LogP contribution in [-0.4, -0.2) is 9.97 Å². The molecule has 0 aliphatic heterocycles. The Morgan fingerprint density at radius 1 is 0.825 bits per heavy atom. The number of allylic oxidation sites excluding steroid dienone is 5. The van der Waals surface area contributed by atoms with Crippen molar-refractivity contribution in [1.82, 2.24) is 9.97 Å². The van der Waals surface area contributed by atoms with Gasteiger partial charge in [-0.2, -0.15) is 0 Å². The van der Waals surface area contributed by atoms with Gasteiger partial charge in [0.25, 0.3) is 5.56 Å². The summed E-state index contributed by atoms with van der Waals surface area (Å²) in [5.41, 5.74) is 11.5. The molecule has 2 N–H and O–H groups in total. The van der Waals surface area contributed by atoms with Crippen LogP contribution in [0.2, 0.25) is 0 Å². The Morgan fingerprint density at radius 3 is 2.27 bits per heavy atom. The first kappa shape index (κ1) is 25.4. The molecule has 3 nitrogen and oxygen atoms in total. The van der Waals surface area contributed by atoms with Crippen molar-refractivity contribution in [2.24, 2.45) is 5.92 Å². The summed E-state index contributed by atoms with van der Waals surface area (Å²) in [5, 5.41) is 1.08. The number of fused-ring (bicyclic) bond motifs is 1. The van der Waals surface area contributed by atoms with Crippen molar-refractivity contribution in [3.63, 3.8) is 0 Å². The highest BCUT2D eigenvalue weighted by Gasteiger charge is 2.23. The lowest BCUT2D eigenvalue weighted by Crippen LogP contribution is -2.10. The summed E-state index contributed by atoms with van der Waals surface area (Å²) in [6.45, 7) is 12.6. The number of hydrogen-bond acceptors (Lipinski definition) is 1. The summed E-state index contributed by atoms with van der Waals surface area (Å²) in [7, 11) is 0. The van der Waals surface area contributed by atoms with E-state index < -0.39 is 0 Å². The Bertz CT molecular complexity index is 1830. The zero-order valence-corrected chi connectivity index (χ0v) is 22.5.